The van der Waals surface area contributed by atoms with Gasteiger partial charge >= 0.3 is 0 Å². The van der Waals surface area contributed by atoms with Crippen LogP contribution in [0, 0.1) is 11.8 Å². The van der Waals surface area contributed by atoms with E-state index in [1.165, 1.54) is 25.7 Å². The summed E-state index contributed by atoms with van der Waals surface area (Å²) in [5, 5.41) is 9.16. The normalized spacial score (nSPS) is 24.4. The van der Waals surface area contributed by atoms with E-state index in [4.69, 9.17) is 9.84 Å². The Labute approximate surface area is 87.7 Å². The second kappa shape index (κ2) is 6.41. The van der Waals surface area contributed by atoms with Crippen molar-refractivity contribution in [3.8, 4) is 0 Å². The summed E-state index contributed by atoms with van der Waals surface area (Å²) in [4.78, 5) is 0. The summed E-state index contributed by atoms with van der Waals surface area (Å²) >= 11 is 0. The van der Waals surface area contributed by atoms with Gasteiger partial charge in [0.15, 0.2) is 0 Å². The quantitative estimate of drug-likeness (QED) is 0.714. The highest BCUT2D eigenvalue weighted by atomic mass is 16.5. The van der Waals surface area contributed by atoms with Crippen LogP contribution in [-0.2, 0) is 4.74 Å². The van der Waals surface area contributed by atoms with E-state index in [2.05, 4.69) is 13.8 Å². The summed E-state index contributed by atoms with van der Waals surface area (Å²) in [5.74, 6) is 1.08. The van der Waals surface area contributed by atoms with Gasteiger partial charge in [0.1, 0.15) is 0 Å². The minimum atomic E-state index is 0.336. The van der Waals surface area contributed by atoms with E-state index in [0.717, 1.165) is 13.0 Å². The van der Waals surface area contributed by atoms with E-state index in [-0.39, 0.29) is 0 Å². The van der Waals surface area contributed by atoms with Gasteiger partial charge in [0.25, 0.3) is 0 Å². The molecule has 2 unspecified atom stereocenters. The van der Waals surface area contributed by atoms with E-state index in [1.807, 2.05) is 0 Å². The third-order valence-electron chi connectivity index (χ3n) is 3.30. The summed E-state index contributed by atoms with van der Waals surface area (Å²) in [7, 11) is 0. The Morgan fingerprint density at radius 2 is 2.21 bits per heavy atom. The van der Waals surface area contributed by atoms with Crippen molar-refractivity contribution in [2.75, 3.05) is 13.2 Å². The molecule has 0 radical (unpaired) electrons. The third kappa shape index (κ3) is 3.97. The van der Waals surface area contributed by atoms with Gasteiger partial charge in [0.2, 0.25) is 0 Å². The van der Waals surface area contributed by atoms with Crippen LogP contribution in [0.1, 0.15) is 46.0 Å². The summed E-state index contributed by atoms with van der Waals surface area (Å²) in [6.45, 7) is 5.67. The lowest BCUT2D eigenvalue weighted by Gasteiger charge is -2.18. The highest BCUT2D eigenvalue weighted by Gasteiger charge is 2.17. The van der Waals surface area contributed by atoms with E-state index in [0.29, 0.717) is 24.5 Å². The summed E-state index contributed by atoms with van der Waals surface area (Å²) < 4.78 is 5.57. The predicted octanol–water partition coefficient (Wildman–Crippen LogP) is 2.60. The molecule has 0 saturated carbocycles. The maximum Gasteiger partial charge on any atom is 0.0576 e. The lowest BCUT2D eigenvalue weighted by molar-refractivity contribution is 0.0970. The van der Waals surface area contributed by atoms with Crippen LogP contribution in [0.3, 0.4) is 0 Å². The zero-order valence-electron chi connectivity index (χ0n) is 9.54. The molecule has 0 amide bonds. The van der Waals surface area contributed by atoms with Crippen molar-refractivity contribution in [1.29, 1.82) is 0 Å². The molecular weight excluding hydrogens is 176 g/mol. The fraction of sp³-hybridized carbons (Fsp3) is 1.00. The van der Waals surface area contributed by atoms with Gasteiger partial charge in [-0.25, -0.2) is 0 Å². The number of rotatable bonds is 6. The number of aliphatic hydroxyl groups is 1. The number of hydrogen-bond donors (Lipinski definition) is 1. The molecule has 2 atom stereocenters. The molecule has 1 aliphatic heterocycles. The standard InChI is InChI=1S/C12H24O2/c1-10(2)11(9-13)5-3-6-12-7-4-8-14-12/h10-13H,3-9H2,1-2H3. The molecule has 1 N–H and O–H groups in total. The first-order valence-corrected chi connectivity index (χ1v) is 5.96. The Bertz CT molecular complexity index is 139. The van der Waals surface area contributed by atoms with Crippen molar-refractivity contribution >= 4 is 0 Å². The minimum Gasteiger partial charge on any atom is -0.396 e. The van der Waals surface area contributed by atoms with Crippen LogP contribution < -0.4 is 0 Å². The van der Waals surface area contributed by atoms with Crippen LogP contribution in [0.2, 0.25) is 0 Å². The summed E-state index contributed by atoms with van der Waals surface area (Å²) in [6, 6.07) is 0. The molecule has 0 aromatic carbocycles. The minimum absolute atomic E-state index is 0.336. The van der Waals surface area contributed by atoms with Crippen molar-refractivity contribution in [1.82, 2.24) is 0 Å². The van der Waals surface area contributed by atoms with Gasteiger partial charge < -0.3 is 9.84 Å². The largest absolute Gasteiger partial charge is 0.396 e. The van der Waals surface area contributed by atoms with E-state index < -0.39 is 0 Å². The van der Waals surface area contributed by atoms with Gasteiger partial charge in [0.05, 0.1) is 6.10 Å². The smallest absolute Gasteiger partial charge is 0.0576 e. The molecule has 0 bridgehead atoms. The molecule has 2 heteroatoms. The highest BCUT2D eigenvalue weighted by Crippen LogP contribution is 2.22. The molecule has 0 aromatic heterocycles. The fourth-order valence-electron chi connectivity index (χ4n) is 2.12. The van der Waals surface area contributed by atoms with Crippen molar-refractivity contribution in [3.63, 3.8) is 0 Å². The fourth-order valence-corrected chi connectivity index (χ4v) is 2.12. The van der Waals surface area contributed by atoms with Gasteiger partial charge in [-0.2, -0.15) is 0 Å². The van der Waals surface area contributed by atoms with Crippen LogP contribution in [0.25, 0.3) is 0 Å². The Kier molecular flexibility index (Phi) is 5.49. The van der Waals surface area contributed by atoms with Crippen LogP contribution in [0.15, 0.2) is 0 Å². The monoisotopic (exact) mass is 200 g/mol. The van der Waals surface area contributed by atoms with Crippen molar-refractivity contribution in [2.45, 2.75) is 52.1 Å². The Hall–Kier alpha value is -0.0800. The average molecular weight is 200 g/mol. The summed E-state index contributed by atoms with van der Waals surface area (Å²) in [6.07, 6.45) is 6.52. The molecule has 0 aromatic rings. The maximum absolute atomic E-state index is 9.16. The van der Waals surface area contributed by atoms with Crippen molar-refractivity contribution < 1.29 is 9.84 Å². The topological polar surface area (TPSA) is 29.5 Å². The van der Waals surface area contributed by atoms with E-state index in [1.54, 1.807) is 0 Å². The third-order valence-corrected chi connectivity index (χ3v) is 3.30. The molecule has 0 spiro atoms. The molecule has 1 fully saturated rings. The van der Waals surface area contributed by atoms with Crippen molar-refractivity contribution in [2.24, 2.45) is 11.8 Å². The number of aliphatic hydroxyl groups excluding tert-OH is 1. The second-order valence-corrected chi connectivity index (χ2v) is 4.75. The lowest BCUT2D eigenvalue weighted by Crippen LogP contribution is -2.14. The molecular formula is C12H24O2. The number of hydrogen-bond acceptors (Lipinski definition) is 2. The second-order valence-electron chi connectivity index (χ2n) is 4.75. The number of ether oxygens (including phenoxy) is 1. The van der Waals surface area contributed by atoms with Crippen LogP contribution in [0.4, 0.5) is 0 Å². The first kappa shape index (κ1) is 12.0. The Balaban J connectivity index is 2.06. The SMILES string of the molecule is CC(C)C(CO)CCCC1CCCO1. The Morgan fingerprint density at radius 3 is 2.71 bits per heavy atom. The van der Waals surface area contributed by atoms with Gasteiger partial charge in [-0.15, -0.1) is 0 Å². The van der Waals surface area contributed by atoms with Gasteiger partial charge in [-0.3, -0.25) is 0 Å². The first-order valence-electron chi connectivity index (χ1n) is 5.96. The molecule has 1 rings (SSSR count). The highest BCUT2D eigenvalue weighted by molar-refractivity contribution is 4.67. The van der Waals surface area contributed by atoms with E-state index in [9.17, 15) is 0 Å². The van der Waals surface area contributed by atoms with Gasteiger partial charge in [-0.05, 0) is 37.5 Å². The maximum atomic E-state index is 9.16. The van der Waals surface area contributed by atoms with Crippen LogP contribution in [0.5, 0.6) is 0 Å². The van der Waals surface area contributed by atoms with Gasteiger partial charge in [0, 0.05) is 13.2 Å². The molecule has 0 aliphatic carbocycles. The first-order chi connectivity index (χ1) is 6.74. The van der Waals surface area contributed by atoms with Crippen molar-refractivity contribution in [3.05, 3.63) is 0 Å². The van der Waals surface area contributed by atoms with Crippen LogP contribution in [-0.4, -0.2) is 24.4 Å². The van der Waals surface area contributed by atoms with Crippen LogP contribution >= 0.6 is 0 Å². The molecule has 1 heterocycles. The molecule has 1 aliphatic rings. The molecule has 2 nitrogen and oxygen atoms in total. The summed E-state index contributed by atoms with van der Waals surface area (Å²) in [5.41, 5.74) is 0. The van der Waals surface area contributed by atoms with E-state index >= 15 is 0 Å². The zero-order chi connectivity index (χ0) is 10.4. The molecule has 1 saturated heterocycles. The Morgan fingerprint density at radius 1 is 1.43 bits per heavy atom. The zero-order valence-corrected chi connectivity index (χ0v) is 9.54. The van der Waals surface area contributed by atoms with Gasteiger partial charge in [-0.1, -0.05) is 20.3 Å². The predicted molar refractivity (Wildman–Crippen MR) is 58.2 cm³/mol. The molecule has 84 valence electrons. The molecule has 14 heavy (non-hydrogen) atoms. The average Bonchev–Trinajstić information content (AvgIpc) is 2.64. The lowest BCUT2D eigenvalue weighted by atomic mass is 9.91.